The Bertz CT molecular complexity index is 1430. The third-order valence-electron chi connectivity index (χ3n) is 7.45. The maximum Gasteiger partial charge on any atom is 0.421 e. The third-order valence-corrected chi connectivity index (χ3v) is 7.45. The van der Waals surface area contributed by atoms with Gasteiger partial charge in [0, 0.05) is 11.1 Å². The summed E-state index contributed by atoms with van der Waals surface area (Å²) in [5.41, 5.74) is 3.23. The van der Waals surface area contributed by atoms with Crippen LogP contribution in [0, 0.1) is 0 Å². The van der Waals surface area contributed by atoms with Crippen molar-refractivity contribution in [2.45, 2.75) is 24.4 Å². The second-order valence-corrected chi connectivity index (χ2v) is 10.3. The fourth-order valence-electron chi connectivity index (χ4n) is 5.51. The van der Waals surface area contributed by atoms with Gasteiger partial charge < -0.3 is 29.6 Å². The highest BCUT2D eigenvalue weighted by Crippen LogP contribution is 2.36. The van der Waals surface area contributed by atoms with Crippen LogP contribution in [0.3, 0.4) is 0 Å². The maximum atomic E-state index is 13.7. The summed E-state index contributed by atoms with van der Waals surface area (Å²) in [7, 11) is 0. The Morgan fingerprint density at radius 3 is 1.33 bits per heavy atom. The van der Waals surface area contributed by atoms with Crippen molar-refractivity contribution in [2.24, 2.45) is 0 Å². The van der Waals surface area contributed by atoms with E-state index in [-0.39, 0.29) is 13.1 Å². The summed E-state index contributed by atoms with van der Waals surface area (Å²) >= 11 is 0. The number of benzene rings is 4. The van der Waals surface area contributed by atoms with Crippen molar-refractivity contribution in [1.82, 2.24) is 10.6 Å². The molecule has 0 saturated carbocycles. The highest BCUT2D eigenvalue weighted by molar-refractivity contribution is 6.29. The molecular weight excluding hydrogens is 532 g/mol. The zero-order chi connectivity index (χ0) is 28.8. The molecule has 2 aliphatic rings. The van der Waals surface area contributed by atoms with Gasteiger partial charge in [-0.15, -0.1) is 0 Å². The molecule has 6 rings (SSSR count). The zero-order valence-electron chi connectivity index (χ0n) is 23.1. The average molecular weight is 565 g/mol. The second-order valence-electron chi connectivity index (χ2n) is 10.3. The van der Waals surface area contributed by atoms with Crippen LogP contribution in [0.4, 0.5) is 0 Å². The summed E-state index contributed by atoms with van der Waals surface area (Å²) in [5.74, 6) is -4.63. The topological polar surface area (TPSA) is 95.1 Å². The molecule has 2 heterocycles. The van der Waals surface area contributed by atoms with Crippen LogP contribution in [-0.4, -0.2) is 38.1 Å². The first-order valence-corrected chi connectivity index (χ1v) is 14.1. The van der Waals surface area contributed by atoms with Gasteiger partial charge in [0.25, 0.3) is 11.6 Å². The largest absolute Gasteiger partial charge is 0.447 e. The summed E-state index contributed by atoms with van der Waals surface area (Å²) in [6.07, 6.45) is 1.41. The standard InChI is InChI=1S/C34H32N2O6/c37-31(41-33(39-27-13-3-1-4-14-27)23-35-21-19-25-11-7-9-17-29(25)33)32(38)42-34(40-28-15-5-2-6-16-28)24-36-22-20-26-12-8-10-18-30(26)34/h1-18,35-36H,19-24H2. The van der Waals surface area contributed by atoms with Crippen LogP contribution in [0.1, 0.15) is 22.3 Å². The molecule has 0 fully saturated rings. The quantitative estimate of drug-likeness (QED) is 0.204. The number of esters is 2. The Balaban J connectivity index is 1.35. The van der Waals surface area contributed by atoms with Gasteiger partial charge in [0.2, 0.25) is 0 Å². The van der Waals surface area contributed by atoms with E-state index in [1.807, 2.05) is 84.9 Å². The third kappa shape index (κ3) is 5.72. The van der Waals surface area contributed by atoms with E-state index < -0.39 is 23.5 Å². The molecule has 0 amide bonds. The molecule has 2 unspecified atom stereocenters. The second kappa shape index (κ2) is 12.1. The number of ether oxygens (including phenoxy) is 4. The summed E-state index contributed by atoms with van der Waals surface area (Å²) in [5, 5.41) is 6.61. The van der Waals surface area contributed by atoms with Crippen LogP contribution in [0.5, 0.6) is 11.5 Å². The number of hydrogen-bond acceptors (Lipinski definition) is 8. The lowest BCUT2D eigenvalue weighted by Gasteiger charge is -2.36. The molecule has 2 N–H and O–H groups in total. The molecule has 0 radical (unpaired) electrons. The monoisotopic (exact) mass is 564 g/mol. The molecule has 4 aromatic rings. The zero-order valence-corrected chi connectivity index (χ0v) is 23.1. The molecule has 8 heteroatoms. The van der Waals surface area contributed by atoms with Gasteiger partial charge in [-0.25, -0.2) is 9.59 Å². The smallest absolute Gasteiger partial charge is 0.421 e. The SMILES string of the molecule is O=C(OC1(Oc2ccccc2)CNCCc2ccccc21)C(=O)OC1(Oc2ccccc2)CNCCc2ccccc21. The molecule has 0 aromatic heterocycles. The highest BCUT2D eigenvalue weighted by Gasteiger charge is 2.47. The average Bonchev–Trinajstić information content (AvgIpc) is 3.31. The van der Waals surface area contributed by atoms with E-state index in [4.69, 9.17) is 18.9 Å². The molecule has 0 bridgehead atoms. The molecule has 214 valence electrons. The molecule has 0 aliphatic carbocycles. The van der Waals surface area contributed by atoms with Gasteiger partial charge in [0.05, 0.1) is 13.1 Å². The summed E-state index contributed by atoms with van der Waals surface area (Å²) in [4.78, 5) is 27.4. The van der Waals surface area contributed by atoms with Gasteiger partial charge in [0.15, 0.2) is 0 Å². The van der Waals surface area contributed by atoms with E-state index in [9.17, 15) is 9.59 Å². The van der Waals surface area contributed by atoms with E-state index in [1.165, 1.54) is 0 Å². The number of para-hydroxylation sites is 2. The van der Waals surface area contributed by atoms with Gasteiger partial charge in [-0.2, -0.15) is 0 Å². The minimum Gasteiger partial charge on any atom is -0.447 e. The van der Waals surface area contributed by atoms with Crippen LogP contribution in [-0.2, 0) is 43.5 Å². The first-order valence-electron chi connectivity index (χ1n) is 14.1. The Morgan fingerprint density at radius 1 is 0.524 bits per heavy atom. The number of hydrogen-bond donors (Lipinski definition) is 2. The van der Waals surface area contributed by atoms with Crippen LogP contribution in [0.25, 0.3) is 0 Å². The van der Waals surface area contributed by atoms with Crippen LogP contribution >= 0.6 is 0 Å². The number of nitrogens with one attached hydrogen (secondary N) is 2. The van der Waals surface area contributed by atoms with E-state index in [0.29, 0.717) is 48.6 Å². The van der Waals surface area contributed by atoms with Crippen molar-refractivity contribution < 1.29 is 28.5 Å². The van der Waals surface area contributed by atoms with E-state index in [2.05, 4.69) is 10.6 Å². The van der Waals surface area contributed by atoms with Crippen molar-refractivity contribution in [1.29, 1.82) is 0 Å². The molecule has 42 heavy (non-hydrogen) atoms. The fourth-order valence-corrected chi connectivity index (χ4v) is 5.51. The lowest BCUT2D eigenvalue weighted by molar-refractivity contribution is -0.226. The lowest BCUT2D eigenvalue weighted by Crippen LogP contribution is -2.50. The van der Waals surface area contributed by atoms with Gasteiger partial charge in [0.1, 0.15) is 11.5 Å². The highest BCUT2D eigenvalue weighted by atomic mass is 16.8. The van der Waals surface area contributed by atoms with Gasteiger partial charge in [-0.3, -0.25) is 0 Å². The van der Waals surface area contributed by atoms with Gasteiger partial charge in [-0.1, -0.05) is 84.9 Å². The fraction of sp³-hybridized carbons (Fsp3) is 0.235. The summed E-state index contributed by atoms with van der Waals surface area (Å²) in [6, 6.07) is 33.4. The first kappa shape index (κ1) is 27.5. The molecule has 2 aliphatic heterocycles. The van der Waals surface area contributed by atoms with Crippen molar-refractivity contribution in [2.75, 3.05) is 26.2 Å². The minimum atomic E-state index is -1.61. The summed E-state index contributed by atoms with van der Waals surface area (Å²) in [6.45, 7) is 1.56. The van der Waals surface area contributed by atoms with Crippen molar-refractivity contribution in [3.05, 3.63) is 131 Å². The molecule has 0 saturated heterocycles. The van der Waals surface area contributed by atoms with E-state index in [1.54, 1.807) is 24.3 Å². The molecular formula is C34H32N2O6. The predicted molar refractivity (Wildman–Crippen MR) is 156 cm³/mol. The Morgan fingerprint density at radius 2 is 0.905 bits per heavy atom. The van der Waals surface area contributed by atoms with Crippen LogP contribution in [0.2, 0.25) is 0 Å². The molecule has 8 nitrogen and oxygen atoms in total. The molecule has 4 aromatic carbocycles. The number of rotatable bonds is 6. The Hall–Kier alpha value is -4.66. The van der Waals surface area contributed by atoms with E-state index in [0.717, 1.165) is 11.1 Å². The lowest BCUT2D eigenvalue weighted by atomic mass is 9.98. The predicted octanol–water partition coefficient (Wildman–Crippen LogP) is 4.23. The van der Waals surface area contributed by atoms with Gasteiger partial charge >= 0.3 is 11.9 Å². The number of fused-ring (bicyclic) bond motifs is 2. The Labute approximate surface area is 244 Å². The first-order chi connectivity index (χ1) is 20.6. The van der Waals surface area contributed by atoms with Crippen LogP contribution in [0.15, 0.2) is 109 Å². The maximum absolute atomic E-state index is 13.7. The Kier molecular flexibility index (Phi) is 7.90. The van der Waals surface area contributed by atoms with Crippen molar-refractivity contribution in [3.63, 3.8) is 0 Å². The normalized spacial score (nSPS) is 21.4. The van der Waals surface area contributed by atoms with E-state index >= 15 is 0 Å². The van der Waals surface area contributed by atoms with Crippen molar-refractivity contribution in [3.8, 4) is 11.5 Å². The molecule has 0 spiro atoms. The number of carbonyl (C=O) groups excluding carboxylic acids is 2. The van der Waals surface area contributed by atoms with Crippen molar-refractivity contribution >= 4 is 11.9 Å². The molecule has 2 atom stereocenters. The van der Waals surface area contributed by atoms with Crippen LogP contribution < -0.4 is 20.1 Å². The minimum absolute atomic E-state index is 0.133. The number of carbonyl (C=O) groups is 2. The summed E-state index contributed by atoms with van der Waals surface area (Å²) < 4.78 is 24.9. The van der Waals surface area contributed by atoms with Gasteiger partial charge in [-0.05, 0) is 61.3 Å².